The van der Waals surface area contributed by atoms with Crippen LogP contribution in [0.5, 0.6) is 0 Å². The molecule has 2 aromatic rings. The molecule has 0 fully saturated rings. The first-order valence-electron chi connectivity index (χ1n) is 5.67. The zero-order valence-corrected chi connectivity index (χ0v) is 12.6. The minimum absolute atomic E-state index is 0.246. The molecule has 0 aliphatic heterocycles. The summed E-state index contributed by atoms with van der Waals surface area (Å²) in [5.41, 5.74) is 1.82. The summed E-state index contributed by atoms with van der Waals surface area (Å²) in [6.45, 7) is 3.04. The van der Waals surface area contributed by atoms with Crippen LogP contribution in [0.3, 0.4) is 0 Å². The van der Waals surface area contributed by atoms with Crippen molar-refractivity contribution in [1.29, 1.82) is 0 Å². The van der Waals surface area contributed by atoms with Gasteiger partial charge in [0.1, 0.15) is 5.82 Å². The first-order valence-corrected chi connectivity index (χ1v) is 7.34. The summed E-state index contributed by atoms with van der Waals surface area (Å²) in [6.07, 6.45) is 0. The Morgan fingerprint density at radius 2 is 2.28 bits per heavy atom. The second-order valence-electron chi connectivity index (χ2n) is 4.15. The van der Waals surface area contributed by atoms with E-state index < -0.39 is 0 Å². The SMILES string of the molecule is CNCC(C)c1nc(-c2ccc(F)cc2Br)cs1. The van der Waals surface area contributed by atoms with Gasteiger partial charge in [0, 0.05) is 27.9 Å². The lowest BCUT2D eigenvalue weighted by atomic mass is 10.1. The number of thiazole rings is 1. The third-order valence-corrected chi connectivity index (χ3v) is 4.39. The molecule has 1 atom stereocenters. The minimum atomic E-state index is -0.246. The minimum Gasteiger partial charge on any atom is -0.319 e. The predicted octanol–water partition coefficient (Wildman–Crippen LogP) is 4.03. The first-order chi connectivity index (χ1) is 8.61. The molecule has 1 unspecified atom stereocenters. The van der Waals surface area contributed by atoms with Crippen molar-refractivity contribution >= 4 is 27.3 Å². The van der Waals surface area contributed by atoms with Crippen LogP contribution >= 0.6 is 27.3 Å². The number of aromatic nitrogens is 1. The maximum atomic E-state index is 13.0. The number of likely N-dealkylation sites (N-methyl/N-ethyl adjacent to an activating group) is 1. The number of benzene rings is 1. The van der Waals surface area contributed by atoms with Crippen molar-refractivity contribution in [2.45, 2.75) is 12.8 Å². The molecule has 0 spiro atoms. The molecular weight excluding hydrogens is 315 g/mol. The molecule has 0 amide bonds. The molecule has 18 heavy (non-hydrogen) atoms. The monoisotopic (exact) mass is 328 g/mol. The van der Waals surface area contributed by atoms with Gasteiger partial charge in [-0.15, -0.1) is 11.3 Å². The highest BCUT2D eigenvalue weighted by molar-refractivity contribution is 9.10. The van der Waals surface area contributed by atoms with Crippen LogP contribution in [0.15, 0.2) is 28.1 Å². The average molecular weight is 329 g/mol. The van der Waals surface area contributed by atoms with Gasteiger partial charge >= 0.3 is 0 Å². The highest BCUT2D eigenvalue weighted by Gasteiger charge is 2.12. The zero-order valence-electron chi connectivity index (χ0n) is 10.2. The van der Waals surface area contributed by atoms with Crippen molar-refractivity contribution < 1.29 is 4.39 Å². The number of nitrogens with zero attached hydrogens (tertiary/aromatic N) is 1. The second-order valence-corrected chi connectivity index (χ2v) is 5.90. The Labute approximate surface area is 118 Å². The van der Waals surface area contributed by atoms with Crippen LogP contribution in [-0.2, 0) is 0 Å². The Kier molecular flexibility index (Phi) is 4.48. The summed E-state index contributed by atoms with van der Waals surface area (Å²) in [7, 11) is 1.93. The van der Waals surface area contributed by atoms with Crippen molar-refractivity contribution in [3.63, 3.8) is 0 Å². The third kappa shape index (κ3) is 2.96. The van der Waals surface area contributed by atoms with E-state index >= 15 is 0 Å². The molecule has 2 rings (SSSR count). The van der Waals surface area contributed by atoms with E-state index in [0.29, 0.717) is 5.92 Å². The molecule has 96 valence electrons. The van der Waals surface area contributed by atoms with Gasteiger partial charge in [0.25, 0.3) is 0 Å². The van der Waals surface area contributed by atoms with E-state index in [9.17, 15) is 4.39 Å². The van der Waals surface area contributed by atoms with E-state index in [1.165, 1.54) is 12.1 Å². The van der Waals surface area contributed by atoms with Crippen LogP contribution in [0.25, 0.3) is 11.3 Å². The Hall–Kier alpha value is -0.780. The number of hydrogen-bond donors (Lipinski definition) is 1. The van der Waals surface area contributed by atoms with E-state index in [4.69, 9.17) is 0 Å². The Morgan fingerprint density at radius 3 is 2.94 bits per heavy atom. The summed E-state index contributed by atoms with van der Waals surface area (Å²) in [5.74, 6) is 0.137. The lowest BCUT2D eigenvalue weighted by molar-refractivity contribution is 0.627. The van der Waals surface area contributed by atoms with Crippen molar-refractivity contribution in [1.82, 2.24) is 10.3 Å². The molecule has 0 bridgehead atoms. The lowest BCUT2D eigenvalue weighted by Gasteiger charge is -2.06. The Balaban J connectivity index is 2.29. The highest BCUT2D eigenvalue weighted by Crippen LogP contribution is 2.31. The average Bonchev–Trinajstić information content (AvgIpc) is 2.78. The summed E-state index contributed by atoms with van der Waals surface area (Å²) < 4.78 is 13.8. The van der Waals surface area contributed by atoms with Crippen LogP contribution in [0.4, 0.5) is 4.39 Å². The van der Waals surface area contributed by atoms with Gasteiger partial charge in [-0.05, 0) is 41.2 Å². The maximum Gasteiger partial charge on any atom is 0.124 e. The number of nitrogens with one attached hydrogen (secondary N) is 1. The van der Waals surface area contributed by atoms with Gasteiger partial charge in [0.05, 0.1) is 10.7 Å². The molecular formula is C13H14BrFN2S. The standard InChI is InChI=1S/C13H14BrFN2S/c1-8(6-16-2)13-17-12(7-18-13)10-4-3-9(15)5-11(10)14/h3-5,7-8,16H,6H2,1-2H3. The van der Waals surface area contributed by atoms with Gasteiger partial charge in [-0.2, -0.15) is 0 Å². The highest BCUT2D eigenvalue weighted by atomic mass is 79.9. The maximum absolute atomic E-state index is 13.0. The third-order valence-electron chi connectivity index (χ3n) is 2.66. The first kappa shape index (κ1) is 13.6. The molecule has 5 heteroatoms. The smallest absolute Gasteiger partial charge is 0.124 e. The van der Waals surface area contributed by atoms with Crippen LogP contribution in [0, 0.1) is 5.82 Å². The fourth-order valence-electron chi connectivity index (χ4n) is 1.73. The van der Waals surface area contributed by atoms with Crippen molar-refractivity contribution in [2.24, 2.45) is 0 Å². The van der Waals surface area contributed by atoms with Crippen molar-refractivity contribution in [2.75, 3.05) is 13.6 Å². The molecule has 0 aliphatic carbocycles. The molecule has 1 N–H and O–H groups in total. The number of hydrogen-bond acceptors (Lipinski definition) is 3. The molecule has 1 aromatic heterocycles. The fraction of sp³-hybridized carbons (Fsp3) is 0.308. The van der Waals surface area contributed by atoms with Crippen molar-refractivity contribution in [3.05, 3.63) is 38.9 Å². The van der Waals surface area contributed by atoms with Crippen LogP contribution in [0.2, 0.25) is 0 Å². The van der Waals surface area contributed by atoms with Crippen LogP contribution < -0.4 is 5.32 Å². The van der Waals surface area contributed by atoms with E-state index in [0.717, 1.165) is 27.3 Å². The van der Waals surface area contributed by atoms with E-state index in [-0.39, 0.29) is 5.82 Å². The predicted molar refractivity (Wildman–Crippen MR) is 77.5 cm³/mol. The van der Waals surface area contributed by atoms with Gasteiger partial charge in [-0.3, -0.25) is 0 Å². The van der Waals surface area contributed by atoms with E-state index in [1.807, 2.05) is 12.4 Å². The molecule has 1 aromatic carbocycles. The Morgan fingerprint density at radius 1 is 1.50 bits per heavy atom. The number of rotatable bonds is 4. The summed E-state index contributed by atoms with van der Waals surface area (Å²) in [6, 6.07) is 4.67. The normalized spacial score (nSPS) is 12.7. The summed E-state index contributed by atoms with van der Waals surface area (Å²) >= 11 is 5.01. The van der Waals surface area contributed by atoms with Crippen molar-refractivity contribution in [3.8, 4) is 11.3 Å². The summed E-state index contributed by atoms with van der Waals surface area (Å²) in [5, 5.41) is 6.25. The molecule has 0 saturated carbocycles. The van der Waals surface area contributed by atoms with Gasteiger partial charge in [0.2, 0.25) is 0 Å². The van der Waals surface area contributed by atoms with Gasteiger partial charge in [-0.25, -0.2) is 9.37 Å². The number of halogens is 2. The van der Waals surface area contributed by atoms with Crippen LogP contribution in [0.1, 0.15) is 17.8 Å². The molecule has 0 saturated heterocycles. The quantitative estimate of drug-likeness (QED) is 0.916. The largest absolute Gasteiger partial charge is 0.319 e. The molecule has 0 radical (unpaired) electrons. The summed E-state index contributed by atoms with van der Waals surface area (Å²) in [4.78, 5) is 4.62. The lowest BCUT2D eigenvalue weighted by Crippen LogP contribution is -2.14. The van der Waals surface area contributed by atoms with E-state index in [2.05, 4.69) is 33.2 Å². The second kappa shape index (κ2) is 5.91. The van der Waals surface area contributed by atoms with E-state index in [1.54, 1.807) is 17.4 Å². The molecule has 2 nitrogen and oxygen atoms in total. The Bertz CT molecular complexity index is 542. The van der Waals surface area contributed by atoms with Gasteiger partial charge < -0.3 is 5.32 Å². The zero-order chi connectivity index (χ0) is 13.1. The topological polar surface area (TPSA) is 24.9 Å². The fourth-order valence-corrected chi connectivity index (χ4v) is 3.16. The van der Waals surface area contributed by atoms with Gasteiger partial charge in [-0.1, -0.05) is 6.92 Å². The van der Waals surface area contributed by atoms with Gasteiger partial charge in [0.15, 0.2) is 0 Å². The molecule has 0 aliphatic rings. The molecule has 1 heterocycles. The van der Waals surface area contributed by atoms with Crippen LogP contribution in [-0.4, -0.2) is 18.6 Å².